The Hall–Kier alpha value is -3.01. The van der Waals surface area contributed by atoms with Crippen LogP contribution in [-0.4, -0.2) is 27.4 Å². The first-order valence-electron chi connectivity index (χ1n) is 12.5. The van der Waals surface area contributed by atoms with Crippen LogP contribution in [0.2, 0.25) is 0 Å². The lowest BCUT2D eigenvalue weighted by atomic mass is 9.73. The number of alkyl halides is 3. The molecule has 3 aromatic rings. The standard InChI is InChI=1S/C29H31F3N2O3S/c1-38(37)24-13-10-20(11-14-24)21-7-5-6-19(16-21)18-28(36,22-8-3-2-4-9-22)27(35)34-23-12-15-26(33)25(17-23)29(30,31)32/h5-7,10-17,22,36H,2-4,8-9,18,33H2,1H3,(H,34,35). The number of benzene rings is 3. The third-order valence-corrected chi connectivity index (χ3v) is 8.15. The van der Waals surface area contributed by atoms with Crippen molar-refractivity contribution >= 4 is 28.5 Å². The topological polar surface area (TPSA) is 98.4 Å². The molecule has 2 atom stereocenters. The number of rotatable bonds is 7. The molecular weight excluding hydrogens is 513 g/mol. The van der Waals surface area contributed by atoms with Gasteiger partial charge in [-0.05, 0) is 89.1 Å². The highest BCUT2D eigenvalue weighted by molar-refractivity contribution is 7.90. The highest BCUT2D eigenvalue weighted by atomic mass is 32.2. The molecule has 1 saturated carbocycles. The van der Waals surface area contributed by atoms with E-state index in [-0.39, 0.29) is 18.0 Å². The summed E-state index contributed by atoms with van der Waals surface area (Å²) in [6.07, 6.45) is 0.988. The van der Waals surface area contributed by atoms with Crippen LogP contribution >= 0.6 is 0 Å². The van der Waals surface area contributed by atoms with Gasteiger partial charge in [0.05, 0.1) is 5.56 Å². The van der Waals surface area contributed by atoms with Crippen molar-refractivity contribution in [1.82, 2.24) is 0 Å². The number of halogens is 3. The van der Waals surface area contributed by atoms with Gasteiger partial charge in [-0.25, -0.2) is 0 Å². The molecule has 1 aliphatic rings. The van der Waals surface area contributed by atoms with E-state index in [1.807, 2.05) is 36.4 Å². The van der Waals surface area contributed by atoms with E-state index in [0.717, 1.165) is 48.1 Å². The van der Waals surface area contributed by atoms with E-state index in [1.165, 1.54) is 6.07 Å². The fourth-order valence-corrected chi connectivity index (χ4v) is 5.64. The van der Waals surface area contributed by atoms with Crippen LogP contribution in [0.15, 0.2) is 71.6 Å². The number of amides is 1. The normalized spacial score (nSPS) is 17.0. The number of hydrogen-bond donors (Lipinski definition) is 3. The molecule has 1 aliphatic carbocycles. The van der Waals surface area contributed by atoms with Gasteiger partial charge in [0.2, 0.25) is 0 Å². The summed E-state index contributed by atoms with van der Waals surface area (Å²) in [5, 5.41) is 14.4. The Morgan fingerprint density at radius 1 is 1.03 bits per heavy atom. The van der Waals surface area contributed by atoms with Crippen LogP contribution in [0.1, 0.15) is 43.2 Å². The first kappa shape index (κ1) is 28.0. The quantitative estimate of drug-likeness (QED) is 0.244. The summed E-state index contributed by atoms with van der Waals surface area (Å²) in [5.41, 5.74) is 4.62. The molecule has 0 bridgehead atoms. The molecule has 0 spiro atoms. The van der Waals surface area contributed by atoms with E-state index >= 15 is 0 Å². The van der Waals surface area contributed by atoms with Gasteiger partial charge in [-0.1, -0.05) is 43.5 Å². The predicted molar refractivity (Wildman–Crippen MR) is 144 cm³/mol. The Bertz CT molecular complexity index is 1270. The molecule has 2 unspecified atom stereocenters. The molecule has 0 aromatic heterocycles. The van der Waals surface area contributed by atoms with Crippen molar-refractivity contribution in [1.29, 1.82) is 0 Å². The number of nitrogens with one attached hydrogen (secondary N) is 1. The molecule has 0 heterocycles. The summed E-state index contributed by atoms with van der Waals surface area (Å²) in [7, 11) is 0. The van der Waals surface area contributed by atoms with Crippen LogP contribution in [0.25, 0.3) is 11.1 Å². The van der Waals surface area contributed by atoms with Gasteiger partial charge in [0.15, 0.2) is 4.90 Å². The van der Waals surface area contributed by atoms with Gasteiger partial charge in [0, 0.05) is 17.8 Å². The molecule has 0 saturated heterocycles. The summed E-state index contributed by atoms with van der Waals surface area (Å²) in [4.78, 5) is 14.3. The van der Waals surface area contributed by atoms with Crippen molar-refractivity contribution in [3.8, 4) is 11.1 Å². The second-order valence-corrected chi connectivity index (χ2v) is 11.2. The van der Waals surface area contributed by atoms with Crippen LogP contribution in [-0.2, 0) is 28.6 Å². The largest absolute Gasteiger partial charge is 0.612 e. The van der Waals surface area contributed by atoms with Gasteiger partial charge in [0.1, 0.15) is 11.9 Å². The van der Waals surface area contributed by atoms with E-state index in [2.05, 4.69) is 5.32 Å². The van der Waals surface area contributed by atoms with Crippen LogP contribution in [0.3, 0.4) is 0 Å². The fraction of sp³-hybridized carbons (Fsp3) is 0.345. The lowest BCUT2D eigenvalue weighted by Crippen LogP contribution is -2.51. The summed E-state index contributed by atoms with van der Waals surface area (Å²) in [6, 6.07) is 18.0. The number of anilines is 2. The molecule has 1 fully saturated rings. The smallest absolute Gasteiger partial charge is 0.418 e. The van der Waals surface area contributed by atoms with Gasteiger partial charge in [-0.3, -0.25) is 4.79 Å². The maximum Gasteiger partial charge on any atom is 0.418 e. The van der Waals surface area contributed by atoms with Crippen LogP contribution in [0.4, 0.5) is 24.5 Å². The lowest BCUT2D eigenvalue weighted by Gasteiger charge is -2.37. The van der Waals surface area contributed by atoms with Gasteiger partial charge in [-0.15, -0.1) is 0 Å². The zero-order chi connectivity index (χ0) is 27.5. The minimum Gasteiger partial charge on any atom is -0.612 e. The molecule has 5 nitrogen and oxygen atoms in total. The summed E-state index contributed by atoms with van der Waals surface area (Å²) < 4.78 is 51.8. The van der Waals surface area contributed by atoms with Gasteiger partial charge >= 0.3 is 6.18 Å². The zero-order valence-electron chi connectivity index (χ0n) is 21.1. The maximum absolute atomic E-state index is 13.5. The zero-order valence-corrected chi connectivity index (χ0v) is 21.9. The number of nitrogens with two attached hydrogens (primary N) is 1. The Morgan fingerprint density at radius 3 is 2.34 bits per heavy atom. The minimum absolute atomic E-state index is 0.00943. The molecule has 202 valence electrons. The van der Waals surface area contributed by atoms with Crippen molar-refractivity contribution < 1.29 is 27.6 Å². The molecule has 38 heavy (non-hydrogen) atoms. The van der Waals surface area contributed by atoms with Crippen molar-refractivity contribution in [2.45, 2.75) is 55.2 Å². The second kappa shape index (κ2) is 11.4. The molecule has 0 aliphatic heterocycles. The second-order valence-electron chi connectivity index (χ2n) is 9.87. The monoisotopic (exact) mass is 544 g/mol. The third-order valence-electron chi connectivity index (χ3n) is 7.21. The molecular formula is C29H31F3N2O3S. The highest BCUT2D eigenvalue weighted by Crippen LogP contribution is 2.38. The summed E-state index contributed by atoms with van der Waals surface area (Å²) in [6.45, 7) is 0. The number of aliphatic hydroxyl groups is 1. The minimum atomic E-state index is -4.67. The highest BCUT2D eigenvalue weighted by Gasteiger charge is 2.44. The molecule has 0 radical (unpaired) electrons. The first-order valence-corrected chi connectivity index (χ1v) is 14.1. The fourth-order valence-electron chi connectivity index (χ4n) is 5.12. The SMILES string of the molecule is C[S+]([O-])c1ccc(-c2cccc(CC(O)(C(=O)Nc3ccc(N)c(C(F)(F)F)c3)C3CCCCC3)c2)cc1. The molecule has 3 aromatic carbocycles. The van der Waals surface area contributed by atoms with E-state index in [0.29, 0.717) is 17.7 Å². The average molecular weight is 545 g/mol. The Labute approximate surface area is 223 Å². The van der Waals surface area contributed by atoms with Gasteiger partial charge in [-0.2, -0.15) is 13.2 Å². The van der Waals surface area contributed by atoms with Crippen LogP contribution < -0.4 is 11.1 Å². The molecule has 4 rings (SSSR count). The van der Waals surface area contributed by atoms with E-state index in [9.17, 15) is 27.6 Å². The van der Waals surface area contributed by atoms with Crippen molar-refractivity contribution in [2.24, 2.45) is 5.92 Å². The Balaban J connectivity index is 1.63. The van der Waals surface area contributed by atoms with Gasteiger partial charge < -0.3 is 20.7 Å². The van der Waals surface area contributed by atoms with Crippen LogP contribution in [0, 0.1) is 5.92 Å². The van der Waals surface area contributed by atoms with Crippen molar-refractivity contribution in [3.63, 3.8) is 0 Å². The maximum atomic E-state index is 13.5. The van der Waals surface area contributed by atoms with Crippen molar-refractivity contribution in [2.75, 3.05) is 17.3 Å². The number of carbonyl (C=O) groups is 1. The average Bonchev–Trinajstić information content (AvgIpc) is 2.89. The Morgan fingerprint density at radius 2 is 1.71 bits per heavy atom. The third kappa shape index (κ3) is 6.34. The number of carbonyl (C=O) groups excluding carboxylic acids is 1. The molecule has 4 N–H and O–H groups in total. The molecule has 9 heteroatoms. The number of hydrogen-bond acceptors (Lipinski definition) is 4. The Kier molecular flexibility index (Phi) is 8.40. The predicted octanol–water partition coefficient (Wildman–Crippen LogP) is 6.18. The summed E-state index contributed by atoms with van der Waals surface area (Å²) in [5.74, 6) is -1.07. The van der Waals surface area contributed by atoms with Crippen molar-refractivity contribution in [3.05, 3.63) is 77.9 Å². The van der Waals surface area contributed by atoms with E-state index in [4.69, 9.17) is 5.73 Å². The van der Waals surface area contributed by atoms with Gasteiger partial charge in [0.25, 0.3) is 5.91 Å². The summed E-state index contributed by atoms with van der Waals surface area (Å²) >= 11 is -1.09. The molecule has 1 amide bonds. The first-order chi connectivity index (χ1) is 18.0. The lowest BCUT2D eigenvalue weighted by molar-refractivity contribution is -0.142. The number of nitrogen functional groups attached to an aromatic ring is 1. The van der Waals surface area contributed by atoms with E-state index < -0.39 is 40.1 Å². The van der Waals surface area contributed by atoms with Crippen LogP contribution in [0.5, 0.6) is 0 Å². The van der Waals surface area contributed by atoms with E-state index in [1.54, 1.807) is 18.4 Å².